The van der Waals surface area contributed by atoms with Crippen LogP contribution >= 0.6 is 0 Å². The van der Waals surface area contributed by atoms with E-state index in [0.29, 0.717) is 5.82 Å². The van der Waals surface area contributed by atoms with Gasteiger partial charge in [-0.25, -0.2) is 18.4 Å². The van der Waals surface area contributed by atoms with Crippen molar-refractivity contribution in [2.24, 2.45) is 0 Å². The van der Waals surface area contributed by atoms with E-state index in [9.17, 15) is 8.42 Å². The van der Waals surface area contributed by atoms with Crippen molar-refractivity contribution in [2.75, 3.05) is 6.26 Å². The first-order chi connectivity index (χ1) is 5.88. The number of hydrogen-bond acceptors (Lipinski definition) is 4. The van der Waals surface area contributed by atoms with Crippen LogP contribution in [0.2, 0.25) is 0 Å². The molecule has 1 heterocycles. The Morgan fingerprint density at radius 3 is 2.46 bits per heavy atom. The van der Waals surface area contributed by atoms with Gasteiger partial charge in [-0.05, 0) is 19.4 Å². The van der Waals surface area contributed by atoms with Gasteiger partial charge in [0.1, 0.15) is 11.6 Å². The van der Waals surface area contributed by atoms with Gasteiger partial charge in [-0.2, -0.15) is 0 Å². The fourth-order valence-corrected chi connectivity index (χ4v) is 1.49. The van der Waals surface area contributed by atoms with E-state index in [1.54, 1.807) is 6.20 Å². The van der Waals surface area contributed by atoms with Crippen LogP contribution in [0.5, 0.6) is 0 Å². The lowest BCUT2D eigenvalue weighted by molar-refractivity contribution is 0.599. The monoisotopic (exact) mass is 200 g/mol. The third kappa shape index (κ3) is 3.10. The Hall–Kier alpha value is -0.970. The molecule has 13 heavy (non-hydrogen) atoms. The first kappa shape index (κ1) is 10.1. The van der Waals surface area contributed by atoms with Crippen LogP contribution in [0, 0.1) is 13.8 Å². The quantitative estimate of drug-likeness (QED) is 0.703. The highest BCUT2D eigenvalue weighted by Crippen LogP contribution is 2.03. The van der Waals surface area contributed by atoms with Crippen LogP contribution in [0.1, 0.15) is 17.1 Å². The zero-order chi connectivity index (χ0) is 10.1. The highest BCUT2D eigenvalue weighted by Gasteiger charge is 2.07. The van der Waals surface area contributed by atoms with Crippen molar-refractivity contribution in [3.63, 3.8) is 0 Å². The Balaban J connectivity index is 2.99. The summed E-state index contributed by atoms with van der Waals surface area (Å²) in [4.78, 5) is 8.00. The minimum Gasteiger partial charge on any atom is -0.240 e. The molecule has 0 saturated carbocycles. The van der Waals surface area contributed by atoms with Gasteiger partial charge in [-0.15, -0.1) is 0 Å². The van der Waals surface area contributed by atoms with Crippen molar-refractivity contribution in [2.45, 2.75) is 19.6 Å². The van der Waals surface area contributed by atoms with Gasteiger partial charge in [-0.3, -0.25) is 0 Å². The molecule has 0 radical (unpaired) electrons. The normalized spacial score (nSPS) is 11.6. The number of sulfone groups is 1. The molecule has 1 aromatic heterocycles. The maximum atomic E-state index is 10.9. The first-order valence-electron chi connectivity index (χ1n) is 3.85. The van der Waals surface area contributed by atoms with Gasteiger partial charge in [0, 0.05) is 18.1 Å². The smallest absolute Gasteiger partial charge is 0.154 e. The minimum absolute atomic E-state index is 0.0892. The molecule has 5 heteroatoms. The largest absolute Gasteiger partial charge is 0.240 e. The zero-order valence-electron chi connectivity index (χ0n) is 7.90. The highest BCUT2D eigenvalue weighted by molar-refractivity contribution is 7.89. The number of hydrogen-bond donors (Lipinski definition) is 0. The third-order valence-electron chi connectivity index (χ3n) is 1.67. The fourth-order valence-electron chi connectivity index (χ4n) is 0.879. The van der Waals surface area contributed by atoms with Gasteiger partial charge < -0.3 is 0 Å². The molecule has 72 valence electrons. The summed E-state index contributed by atoms with van der Waals surface area (Å²) in [6, 6.07) is 0. The second-order valence-corrected chi connectivity index (χ2v) is 5.26. The molecule has 0 aromatic carbocycles. The molecule has 0 bridgehead atoms. The van der Waals surface area contributed by atoms with E-state index in [4.69, 9.17) is 0 Å². The molecule has 0 N–H and O–H groups in total. The van der Waals surface area contributed by atoms with Crippen LogP contribution in [0.25, 0.3) is 0 Å². The molecular weight excluding hydrogens is 188 g/mol. The second kappa shape index (κ2) is 3.41. The molecule has 0 unspecified atom stereocenters. The SMILES string of the molecule is Cc1cnc(CS(C)(=O)=O)nc1C. The Bertz CT molecular complexity index is 412. The number of aryl methyl sites for hydroxylation is 2. The number of rotatable bonds is 2. The van der Waals surface area contributed by atoms with Gasteiger partial charge >= 0.3 is 0 Å². The maximum absolute atomic E-state index is 10.9. The average Bonchev–Trinajstić information content (AvgIpc) is 1.94. The molecule has 0 saturated heterocycles. The Morgan fingerprint density at radius 1 is 1.38 bits per heavy atom. The van der Waals surface area contributed by atoms with Crippen molar-refractivity contribution < 1.29 is 8.42 Å². The zero-order valence-corrected chi connectivity index (χ0v) is 8.72. The van der Waals surface area contributed by atoms with Crippen molar-refractivity contribution in [3.8, 4) is 0 Å². The summed E-state index contributed by atoms with van der Waals surface area (Å²) in [6.07, 6.45) is 2.81. The summed E-state index contributed by atoms with van der Waals surface area (Å²) in [5.74, 6) is 0.277. The molecule has 0 fully saturated rings. The van der Waals surface area contributed by atoms with Gasteiger partial charge in [0.15, 0.2) is 9.84 Å². The summed E-state index contributed by atoms with van der Waals surface area (Å²) < 4.78 is 21.8. The van der Waals surface area contributed by atoms with Crippen molar-refractivity contribution in [1.82, 2.24) is 9.97 Å². The van der Waals surface area contributed by atoms with E-state index in [1.807, 2.05) is 13.8 Å². The van der Waals surface area contributed by atoms with Gasteiger partial charge in [0.05, 0.1) is 0 Å². The van der Waals surface area contributed by atoms with Crippen LogP contribution in [0.4, 0.5) is 0 Å². The number of nitrogens with zero attached hydrogens (tertiary/aromatic N) is 2. The van der Waals surface area contributed by atoms with Gasteiger partial charge in [-0.1, -0.05) is 0 Å². The molecule has 1 aromatic rings. The first-order valence-corrected chi connectivity index (χ1v) is 5.91. The lowest BCUT2D eigenvalue weighted by Gasteiger charge is -2.01. The predicted octanol–water partition coefficient (Wildman–Crippen LogP) is 0.638. The van der Waals surface area contributed by atoms with Crippen LogP contribution < -0.4 is 0 Å². The molecule has 0 atom stereocenters. The fraction of sp³-hybridized carbons (Fsp3) is 0.500. The van der Waals surface area contributed by atoms with Crippen LogP contribution in [0.15, 0.2) is 6.20 Å². The minimum atomic E-state index is -3.03. The van der Waals surface area contributed by atoms with E-state index < -0.39 is 9.84 Å². The van der Waals surface area contributed by atoms with Crippen LogP contribution in [-0.2, 0) is 15.6 Å². The van der Waals surface area contributed by atoms with Gasteiger partial charge in [0.2, 0.25) is 0 Å². The van der Waals surface area contributed by atoms with Crippen LogP contribution in [-0.4, -0.2) is 24.6 Å². The number of aromatic nitrogens is 2. The molecule has 0 aliphatic carbocycles. The molecule has 1 rings (SSSR count). The van der Waals surface area contributed by atoms with E-state index in [0.717, 1.165) is 11.3 Å². The standard InChI is InChI=1S/C8H12N2O2S/c1-6-4-9-8(10-7(6)2)5-13(3,11)12/h4H,5H2,1-3H3. The summed E-state index contributed by atoms with van der Waals surface area (Å²) in [7, 11) is -3.03. The highest BCUT2D eigenvalue weighted by atomic mass is 32.2. The lowest BCUT2D eigenvalue weighted by Crippen LogP contribution is -2.06. The lowest BCUT2D eigenvalue weighted by atomic mass is 10.3. The molecule has 0 amide bonds. The van der Waals surface area contributed by atoms with E-state index >= 15 is 0 Å². The van der Waals surface area contributed by atoms with Crippen molar-refractivity contribution in [3.05, 3.63) is 23.3 Å². The van der Waals surface area contributed by atoms with E-state index in [1.165, 1.54) is 6.26 Å². The molecule has 0 aliphatic rings. The average molecular weight is 200 g/mol. The van der Waals surface area contributed by atoms with Crippen molar-refractivity contribution >= 4 is 9.84 Å². The predicted molar refractivity (Wildman–Crippen MR) is 50.1 cm³/mol. The molecular formula is C8H12N2O2S. The Labute approximate surface area is 78.0 Å². The van der Waals surface area contributed by atoms with E-state index in [-0.39, 0.29) is 5.75 Å². The Morgan fingerprint density at radius 2 is 2.00 bits per heavy atom. The summed E-state index contributed by atoms with van der Waals surface area (Å²) in [6.45, 7) is 3.72. The molecule has 0 aliphatic heterocycles. The van der Waals surface area contributed by atoms with E-state index in [2.05, 4.69) is 9.97 Å². The third-order valence-corrected chi connectivity index (χ3v) is 2.45. The van der Waals surface area contributed by atoms with Crippen LogP contribution in [0.3, 0.4) is 0 Å². The Kier molecular flexibility index (Phi) is 2.66. The van der Waals surface area contributed by atoms with Gasteiger partial charge in [0.25, 0.3) is 0 Å². The second-order valence-electron chi connectivity index (χ2n) is 3.12. The van der Waals surface area contributed by atoms with Crippen molar-refractivity contribution in [1.29, 1.82) is 0 Å². The topological polar surface area (TPSA) is 59.9 Å². The summed E-state index contributed by atoms with van der Waals surface area (Å²) in [5.41, 5.74) is 1.80. The molecule has 4 nitrogen and oxygen atoms in total. The molecule has 0 spiro atoms. The maximum Gasteiger partial charge on any atom is 0.154 e. The summed E-state index contributed by atoms with van der Waals surface area (Å²) >= 11 is 0. The summed E-state index contributed by atoms with van der Waals surface area (Å²) in [5, 5.41) is 0.